The monoisotopic (exact) mass is 292 g/mol. The van der Waals surface area contributed by atoms with E-state index < -0.39 is 0 Å². The number of rotatable bonds is 2. The van der Waals surface area contributed by atoms with Gasteiger partial charge in [0.2, 0.25) is 0 Å². The molecule has 0 aliphatic heterocycles. The third kappa shape index (κ3) is 3.19. The number of hydrogen-bond acceptors (Lipinski definition) is 2. The quantitative estimate of drug-likeness (QED) is 0.872. The van der Waals surface area contributed by atoms with Crippen LogP contribution in [-0.2, 0) is 0 Å². The first-order chi connectivity index (χ1) is 8.04. The molecule has 0 amide bonds. The highest BCUT2D eigenvalue weighted by Gasteiger charge is 2.14. The number of aromatic nitrogens is 1. The number of allylic oxidation sites excluding steroid dienone is 3. The zero-order valence-corrected chi connectivity index (χ0v) is 11.8. The van der Waals surface area contributed by atoms with Crippen LogP contribution in [0.5, 0.6) is 0 Å². The maximum Gasteiger partial charge on any atom is 0.144 e. The Morgan fingerprint density at radius 2 is 2.24 bits per heavy atom. The molecule has 1 N–H and O–H groups in total. The Balaban J connectivity index is 2.18. The summed E-state index contributed by atoms with van der Waals surface area (Å²) in [5.41, 5.74) is 3.54. The topological polar surface area (TPSA) is 24.9 Å². The molecule has 0 radical (unpaired) electrons. The van der Waals surface area contributed by atoms with Gasteiger partial charge in [0.25, 0.3) is 0 Å². The van der Waals surface area contributed by atoms with Gasteiger partial charge in [-0.25, -0.2) is 4.98 Å². The SMILES string of the molecule is C=C1C=C(Nc2ncc(C)cc2Br)CC(C)C1. The van der Waals surface area contributed by atoms with Gasteiger partial charge in [-0.3, -0.25) is 0 Å². The Labute approximate surface area is 111 Å². The van der Waals surface area contributed by atoms with Crippen molar-refractivity contribution in [2.45, 2.75) is 26.7 Å². The van der Waals surface area contributed by atoms with Crippen molar-refractivity contribution < 1.29 is 0 Å². The molecule has 17 heavy (non-hydrogen) atoms. The van der Waals surface area contributed by atoms with Gasteiger partial charge >= 0.3 is 0 Å². The van der Waals surface area contributed by atoms with E-state index in [4.69, 9.17) is 0 Å². The fraction of sp³-hybridized carbons (Fsp3) is 0.357. The van der Waals surface area contributed by atoms with Gasteiger partial charge in [0, 0.05) is 11.9 Å². The van der Waals surface area contributed by atoms with Crippen molar-refractivity contribution in [1.29, 1.82) is 0 Å². The Morgan fingerprint density at radius 3 is 2.88 bits per heavy atom. The standard InChI is InChI=1S/C14H17BrN2/c1-9-4-10(2)6-12(5-9)17-14-13(15)7-11(3)8-16-14/h5,7-8,10H,1,4,6H2,2-3H3,(H,16,17). The lowest BCUT2D eigenvalue weighted by Crippen LogP contribution is -2.11. The summed E-state index contributed by atoms with van der Waals surface area (Å²) in [6.45, 7) is 8.33. The van der Waals surface area contributed by atoms with Gasteiger partial charge in [0.1, 0.15) is 5.82 Å². The van der Waals surface area contributed by atoms with Crippen LogP contribution in [0.4, 0.5) is 5.82 Å². The van der Waals surface area contributed by atoms with E-state index in [1.54, 1.807) is 0 Å². The van der Waals surface area contributed by atoms with Gasteiger partial charge in [-0.1, -0.05) is 19.1 Å². The van der Waals surface area contributed by atoms with Gasteiger partial charge in [-0.15, -0.1) is 0 Å². The van der Waals surface area contributed by atoms with Gasteiger partial charge in [-0.05, 0) is 59.3 Å². The molecular weight excluding hydrogens is 276 g/mol. The first-order valence-electron chi connectivity index (χ1n) is 5.82. The van der Waals surface area contributed by atoms with Crippen LogP contribution < -0.4 is 5.32 Å². The summed E-state index contributed by atoms with van der Waals surface area (Å²) in [5.74, 6) is 1.53. The average molecular weight is 293 g/mol. The normalized spacial score (nSPS) is 20.1. The molecule has 2 nitrogen and oxygen atoms in total. The van der Waals surface area contributed by atoms with Crippen LogP contribution in [-0.4, -0.2) is 4.98 Å². The number of halogens is 1. The minimum absolute atomic E-state index is 0.652. The van der Waals surface area contributed by atoms with E-state index in [0.29, 0.717) is 5.92 Å². The largest absolute Gasteiger partial charge is 0.343 e. The third-order valence-corrected chi connectivity index (χ3v) is 3.42. The maximum absolute atomic E-state index is 4.39. The van der Waals surface area contributed by atoms with Crippen LogP contribution in [0.2, 0.25) is 0 Å². The summed E-state index contributed by atoms with van der Waals surface area (Å²) < 4.78 is 1.00. The van der Waals surface area contributed by atoms with Crippen LogP contribution in [0, 0.1) is 12.8 Å². The molecule has 2 rings (SSSR count). The number of nitrogens with zero attached hydrogens (tertiary/aromatic N) is 1. The summed E-state index contributed by atoms with van der Waals surface area (Å²) in [6, 6.07) is 2.07. The van der Waals surface area contributed by atoms with Gasteiger partial charge in [0.05, 0.1) is 4.47 Å². The first-order valence-corrected chi connectivity index (χ1v) is 6.61. The highest BCUT2D eigenvalue weighted by atomic mass is 79.9. The zero-order chi connectivity index (χ0) is 12.4. The van der Waals surface area contributed by atoms with Crippen LogP contribution in [0.3, 0.4) is 0 Å². The molecule has 0 fully saturated rings. The minimum atomic E-state index is 0.652. The van der Waals surface area contributed by atoms with Crippen LogP contribution in [0.15, 0.2) is 40.7 Å². The lowest BCUT2D eigenvalue weighted by Gasteiger charge is -2.22. The number of hydrogen-bond donors (Lipinski definition) is 1. The first kappa shape index (κ1) is 12.4. The lowest BCUT2D eigenvalue weighted by atomic mass is 9.91. The van der Waals surface area contributed by atoms with E-state index in [0.717, 1.165) is 28.7 Å². The van der Waals surface area contributed by atoms with Gasteiger partial charge < -0.3 is 5.32 Å². The molecule has 0 saturated heterocycles. The summed E-state index contributed by atoms with van der Waals surface area (Å²) >= 11 is 3.53. The predicted octanol–water partition coefficient (Wildman–Crippen LogP) is 4.43. The minimum Gasteiger partial charge on any atom is -0.343 e. The molecule has 1 aromatic heterocycles. The molecule has 1 aliphatic rings. The van der Waals surface area contributed by atoms with Gasteiger partial charge in [0.15, 0.2) is 0 Å². The van der Waals surface area contributed by atoms with Gasteiger partial charge in [-0.2, -0.15) is 0 Å². The number of anilines is 1. The van der Waals surface area contributed by atoms with Crippen molar-refractivity contribution in [1.82, 2.24) is 4.98 Å². The van der Waals surface area contributed by atoms with Crippen molar-refractivity contribution in [2.24, 2.45) is 5.92 Å². The zero-order valence-electron chi connectivity index (χ0n) is 10.3. The molecule has 1 aliphatic carbocycles. The molecule has 3 heteroatoms. The number of aryl methyl sites for hydroxylation is 1. The van der Waals surface area contributed by atoms with Crippen molar-refractivity contribution in [3.05, 3.63) is 46.2 Å². The molecular formula is C14H17BrN2. The molecule has 1 aromatic rings. The molecule has 0 saturated carbocycles. The van der Waals surface area contributed by atoms with Crippen LogP contribution in [0.25, 0.3) is 0 Å². The molecule has 0 spiro atoms. The highest BCUT2D eigenvalue weighted by molar-refractivity contribution is 9.10. The molecule has 1 heterocycles. The average Bonchev–Trinajstić information content (AvgIpc) is 2.21. The van der Waals surface area contributed by atoms with Crippen molar-refractivity contribution in [2.75, 3.05) is 5.32 Å². The second-order valence-electron chi connectivity index (χ2n) is 4.81. The maximum atomic E-state index is 4.39. The fourth-order valence-electron chi connectivity index (χ4n) is 2.12. The van der Waals surface area contributed by atoms with E-state index >= 15 is 0 Å². The second-order valence-corrected chi connectivity index (χ2v) is 5.66. The van der Waals surface area contributed by atoms with E-state index in [-0.39, 0.29) is 0 Å². The van der Waals surface area contributed by atoms with E-state index in [1.165, 1.54) is 11.3 Å². The summed E-state index contributed by atoms with van der Waals surface area (Å²) in [5, 5.41) is 3.38. The van der Waals surface area contributed by atoms with Crippen molar-refractivity contribution in [3.8, 4) is 0 Å². The Morgan fingerprint density at radius 1 is 1.47 bits per heavy atom. The van der Waals surface area contributed by atoms with Crippen molar-refractivity contribution >= 4 is 21.7 Å². The Hall–Kier alpha value is -1.09. The predicted molar refractivity (Wildman–Crippen MR) is 75.9 cm³/mol. The number of pyridine rings is 1. The van der Waals surface area contributed by atoms with E-state index in [9.17, 15) is 0 Å². The van der Waals surface area contributed by atoms with E-state index in [1.807, 2.05) is 13.1 Å². The molecule has 90 valence electrons. The smallest absolute Gasteiger partial charge is 0.144 e. The summed E-state index contributed by atoms with van der Waals surface area (Å²) in [4.78, 5) is 4.39. The van der Waals surface area contributed by atoms with Crippen LogP contribution >= 0.6 is 15.9 Å². The van der Waals surface area contributed by atoms with Crippen molar-refractivity contribution in [3.63, 3.8) is 0 Å². The van der Waals surface area contributed by atoms with E-state index in [2.05, 4.69) is 51.9 Å². The second kappa shape index (κ2) is 5.05. The Kier molecular flexibility index (Phi) is 3.67. The highest BCUT2D eigenvalue weighted by Crippen LogP contribution is 2.29. The molecule has 1 unspecified atom stereocenters. The molecule has 1 atom stereocenters. The summed E-state index contributed by atoms with van der Waals surface area (Å²) in [7, 11) is 0. The Bertz CT molecular complexity index is 477. The fourth-order valence-corrected chi connectivity index (χ4v) is 2.69. The number of nitrogens with one attached hydrogen (secondary N) is 1. The molecule has 0 bridgehead atoms. The third-order valence-electron chi connectivity index (χ3n) is 2.81. The van der Waals surface area contributed by atoms with Crippen LogP contribution in [0.1, 0.15) is 25.3 Å². The summed E-state index contributed by atoms with van der Waals surface area (Å²) in [6.07, 6.45) is 6.15. The lowest BCUT2D eigenvalue weighted by molar-refractivity contribution is 0.562. The molecule has 0 aromatic carbocycles.